The fraction of sp³-hybridized carbons (Fsp3) is 0.125. The van der Waals surface area contributed by atoms with Crippen molar-refractivity contribution < 1.29 is 9.90 Å². The molecule has 0 aliphatic carbocycles. The van der Waals surface area contributed by atoms with Gasteiger partial charge in [0, 0.05) is 10.2 Å². The summed E-state index contributed by atoms with van der Waals surface area (Å²) in [5, 5.41) is 8.76. The fourth-order valence-corrected chi connectivity index (χ4v) is 1.44. The third-order valence-electron chi connectivity index (χ3n) is 1.58. The number of nitrogens with two attached hydrogens (primary N) is 1. The van der Waals surface area contributed by atoms with E-state index in [1.165, 1.54) is 0 Å². The topological polar surface area (TPSA) is 63.3 Å². The second-order valence-electron chi connectivity index (χ2n) is 2.47. The second-order valence-corrected chi connectivity index (χ2v) is 3.26. The molecule has 0 aliphatic heterocycles. The quantitative estimate of drug-likeness (QED) is 0.725. The summed E-state index contributed by atoms with van der Waals surface area (Å²) in [7, 11) is 0. The first-order valence-corrected chi connectivity index (χ1v) is 4.11. The summed E-state index contributed by atoms with van der Waals surface area (Å²) in [6.45, 7) is 1.82. The molecular formula is C8H8BrNO2. The molecule has 1 aromatic carbocycles. The van der Waals surface area contributed by atoms with Crippen LogP contribution in [0.3, 0.4) is 0 Å². The lowest BCUT2D eigenvalue weighted by Gasteiger charge is -2.05. The van der Waals surface area contributed by atoms with Crippen LogP contribution in [0.25, 0.3) is 0 Å². The lowest BCUT2D eigenvalue weighted by atomic mass is 10.1. The number of hydrogen-bond donors (Lipinski definition) is 2. The fourth-order valence-electron chi connectivity index (χ4n) is 0.913. The first-order chi connectivity index (χ1) is 5.54. The Morgan fingerprint density at radius 1 is 1.58 bits per heavy atom. The zero-order valence-corrected chi connectivity index (χ0v) is 8.05. The molecule has 12 heavy (non-hydrogen) atoms. The molecule has 0 saturated carbocycles. The number of benzene rings is 1. The first kappa shape index (κ1) is 9.06. The van der Waals surface area contributed by atoms with Gasteiger partial charge >= 0.3 is 5.97 Å². The van der Waals surface area contributed by atoms with Gasteiger partial charge in [-0.15, -0.1) is 0 Å². The van der Waals surface area contributed by atoms with Gasteiger partial charge in [0.25, 0.3) is 0 Å². The molecule has 0 amide bonds. The summed E-state index contributed by atoms with van der Waals surface area (Å²) in [5.41, 5.74) is 6.75. The molecule has 1 aromatic rings. The van der Waals surface area contributed by atoms with Gasteiger partial charge in [-0.25, -0.2) is 4.79 Å². The summed E-state index contributed by atoms with van der Waals surface area (Å²) in [4.78, 5) is 10.7. The molecule has 0 radical (unpaired) electrons. The molecule has 4 heteroatoms. The highest BCUT2D eigenvalue weighted by Crippen LogP contribution is 2.26. The Labute approximate surface area is 78.3 Å². The molecule has 0 heterocycles. The molecule has 0 spiro atoms. The highest BCUT2D eigenvalue weighted by Gasteiger charge is 2.13. The van der Waals surface area contributed by atoms with Crippen molar-refractivity contribution in [1.29, 1.82) is 0 Å². The van der Waals surface area contributed by atoms with E-state index in [1.807, 2.05) is 6.92 Å². The number of nitrogen functional groups attached to an aromatic ring is 1. The molecule has 0 aliphatic rings. The minimum atomic E-state index is -1.01. The van der Waals surface area contributed by atoms with Crippen molar-refractivity contribution in [3.05, 3.63) is 27.7 Å². The van der Waals surface area contributed by atoms with E-state index in [2.05, 4.69) is 15.9 Å². The SMILES string of the molecule is Cc1ccc(N)c(C(=O)O)c1Br. The number of carbonyl (C=O) groups is 1. The Kier molecular flexibility index (Phi) is 2.38. The highest BCUT2D eigenvalue weighted by molar-refractivity contribution is 9.10. The van der Waals surface area contributed by atoms with Crippen molar-refractivity contribution in [3.8, 4) is 0 Å². The number of anilines is 1. The molecular weight excluding hydrogens is 222 g/mol. The number of carboxylic acids is 1. The van der Waals surface area contributed by atoms with Crippen LogP contribution in [0.5, 0.6) is 0 Å². The van der Waals surface area contributed by atoms with Crippen molar-refractivity contribution in [2.24, 2.45) is 0 Å². The van der Waals surface area contributed by atoms with E-state index in [0.717, 1.165) is 5.56 Å². The zero-order valence-electron chi connectivity index (χ0n) is 6.47. The van der Waals surface area contributed by atoms with Crippen LogP contribution in [-0.2, 0) is 0 Å². The van der Waals surface area contributed by atoms with Crippen LogP contribution >= 0.6 is 15.9 Å². The van der Waals surface area contributed by atoms with E-state index in [-0.39, 0.29) is 11.3 Å². The van der Waals surface area contributed by atoms with Crippen LogP contribution in [0.1, 0.15) is 15.9 Å². The smallest absolute Gasteiger partial charge is 0.338 e. The van der Waals surface area contributed by atoms with Gasteiger partial charge in [0.2, 0.25) is 0 Å². The Morgan fingerprint density at radius 2 is 2.17 bits per heavy atom. The van der Waals surface area contributed by atoms with E-state index in [1.54, 1.807) is 12.1 Å². The van der Waals surface area contributed by atoms with E-state index < -0.39 is 5.97 Å². The Morgan fingerprint density at radius 3 is 2.58 bits per heavy atom. The summed E-state index contributed by atoms with van der Waals surface area (Å²) in [6, 6.07) is 3.36. The maximum atomic E-state index is 10.7. The molecule has 0 saturated heterocycles. The highest BCUT2D eigenvalue weighted by atomic mass is 79.9. The van der Waals surface area contributed by atoms with E-state index in [0.29, 0.717) is 4.47 Å². The van der Waals surface area contributed by atoms with Crippen molar-refractivity contribution in [2.75, 3.05) is 5.73 Å². The minimum absolute atomic E-state index is 0.134. The summed E-state index contributed by atoms with van der Waals surface area (Å²) in [6.07, 6.45) is 0. The lowest BCUT2D eigenvalue weighted by Crippen LogP contribution is -2.04. The van der Waals surface area contributed by atoms with Crippen LogP contribution in [0.4, 0.5) is 5.69 Å². The Hall–Kier alpha value is -1.03. The average molecular weight is 230 g/mol. The largest absolute Gasteiger partial charge is 0.478 e. The monoisotopic (exact) mass is 229 g/mol. The Bertz CT molecular complexity index is 336. The molecule has 0 bridgehead atoms. The van der Waals surface area contributed by atoms with Crippen LogP contribution in [0, 0.1) is 6.92 Å². The number of carboxylic acid groups (broad SMARTS) is 1. The predicted octanol–water partition coefficient (Wildman–Crippen LogP) is 2.04. The van der Waals surface area contributed by atoms with Gasteiger partial charge in [-0.2, -0.15) is 0 Å². The van der Waals surface area contributed by atoms with Gasteiger partial charge in [-0.05, 0) is 34.5 Å². The number of aryl methyl sites for hydroxylation is 1. The van der Waals surface area contributed by atoms with Gasteiger partial charge in [-0.3, -0.25) is 0 Å². The standard InChI is InChI=1S/C8H8BrNO2/c1-4-2-3-5(10)6(7(4)9)8(11)12/h2-3H,10H2,1H3,(H,11,12). The lowest BCUT2D eigenvalue weighted by molar-refractivity contribution is 0.0697. The van der Waals surface area contributed by atoms with Crippen LogP contribution in [-0.4, -0.2) is 11.1 Å². The first-order valence-electron chi connectivity index (χ1n) is 3.32. The average Bonchev–Trinajstić information content (AvgIpc) is 1.97. The summed E-state index contributed by atoms with van der Waals surface area (Å²) >= 11 is 3.17. The molecule has 3 N–H and O–H groups in total. The second kappa shape index (κ2) is 3.15. The zero-order chi connectivity index (χ0) is 9.30. The van der Waals surface area contributed by atoms with Crippen molar-refractivity contribution in [3.63, 3.8) is 0 Å². The number of halogens is 1. The molecule has 0 fully saturated rings. The minimum Gasteiger partial charge on any atom is -0.478 e. The van der Waals surface area contributed by atoms with Gasteiger partial charge in [0.05, 0.1) is 5.56 Å². The maximum Gasteiger partial charge on any atom is 0.338 e. The number of rotatable bonds is 1. The van der Waals surface area contributed by atoms with E-state index in [9.17, 15) is 4.79 Å². The van der Waals surface area contributed by atoms with E-state index >= 15 is 0 Å². The Balaban J connectivity index is 3.43. The van der Waals surface area contributed by atoms with Gasteiger partial charge in [-0.1, -0.05) is 6.07 Å². The predicted molar refractivity (Wildman–Crippen MR) is 50.3 cm³/mol. The van der Waals surface area contributed by atoms with Crippen LogP contribution in [0.2, 0.25) is 0 Å². The molecule has 0 aromatic heterocycles. The maximum absolute atomic E-state index is 10.7. The van der Waals surface area contributed by atoms with Crippen molar-refractivity contribution in [1.82, 2.24) is 0 Å². The summed E-state index contributed by atoms with van der Waals surface area (Å²) < 4.78 is 0.551. The molecule has 3 nitrogen and oxygen atoms in total. The number of hydrogen-bond acceptors (Lipinski definition) is 2. The van der Waals surface area contributed by atoms with Gasteiger partial charge in [0.1, 0.15) is 0 Å². The third-order valence-corrected chi connectivity index (χ3v) is 2.60. The van der Waals surface area contributed by atoms with Crippen molar-refractivity contribution >= 4 is 27.6 Å². The summed E-state index contributed by atoms with van der Waals surface area (Å²) in [5.74, 6) is -1.01. The molecule has 0 atom stereocenters. The van der Waals surface area contributed by atoms with E-state index in [4.69, 9.17) is 10.8 Å². The molecule has 0 unspecified atom stereocenters. The van der Waals surface area contributed by atoms with Crippen LogP contribution < -0.4 is 5.73 Å². The van der Waals surface area contributed by atoms with Crippen LogP contribution in [0.15, 0.2) is 16.6 Å². The third kappa shape index (κ3) is 1.43. The number of aromatic carboxylic acids is 1. The van der Waals surface area contributed by atoms with Crippen molar-refractivity contribution in [2.45, 2.75) is 6.92 Å². The van der Waals surface area contributed by atoms with Gasteiger partial charge < -0.3 is 10.8 Å². The molecule has 1 rings (SSSR count). The van der Waals surface area contributed by atoms with Gasteiger partial charge in [0.15, 0.2) is 0 Å². The normalized spacial score (nSPS) is 9.83. The molecule has 64 valence electrons.